The quantitative estimate of drug-likeness (QED) is 0.640. The largest absolute Gasteiger partial charge is 0.497 e. The molecule has 6 nitrogen and oxygen atoms in total. The second-order valence-electron chi connectivity index (χ2n) is 6.61. The lowest BCUT2D eigenvalue weighted by Gasteiger charge is -2.34. The Morgan fingerprint density at radius 1 is 1.19 bits per heavy atom. The second-order valence-corrected chi connectivity index (χ2v) is 7.47. The molecule has 0 radical (unpaired) electrons. The molecule has 2 aromatic heterocycles. The average Bonchev–Trinajstić information content (AvgIpc) is 3.11. The summed E-state index contributed by atoms with van der Waals surface area (Å²) in [4.78, 5) is 21.8. The van der Waals surface area contributed by atoms with E-state index in [4.69, 9.17) is 4.74 Å². The van der Waals surface area contributed by atoms with Crippen LogP contribution in [0.2, 0.25) is 0 Å². The number of carbonyl (C=O) groups excluding carboxylic acids is 1. The zero-order valence-electron chi connectivity index (χ0n) is 15.1. The molecule has 0 aliphatic carbocycles. The van der Waals surface area contributed by atoms with E-state index in [0.717, 1.165) is 35.4 Å². The molecule has 1 aromatic carbocycles. The van der Waals surface area contributed by atoms with Gasteiger partial charge in [-0.3, -0.25) is 9.69 Å². The summed E-state index contributed by atoms with van der Waals surface area (Å²) in [6.45, 7) is 3.88. The number of imidazole rings is 1. The van der Waals surface area contributed by atoms with Gasteiger partial charge in [0, 0.05) is 49.6 Å². The van der Waals surface area contributed by atoms with E-state index in [0.29, 0.717) is 24.4 Å². The normalized spacial score (nSPS) is 15.3. The molecular weight excluding hydrogens is 408 g/mol. The van der Waals surface area contributed by atoms with Crippen LogP contribution in [0.15, 0.2) is 53.3 Å². The summed E-state index contributed by atoms with van der Waals surface area (Å²) in [5, 5.41) is 0. The minimum Gasteiger partial charge on any atom is -0.497 e. The van der Waals surface area contributed by atoms with Crippen LogP contribution in [0.1, 0.15) is 16.1 Å². The molecule has 3 heterocycles. The number of piperazine rings is 1. The number of fused-ring (bicyclic) bond motifs is 1. The summed E-state index contributed by atoms with van der Waals surface area (Å²) in [5.74, 6) is 0.722. The lowest BCUT2D eigenvalue weighted by molar-refractivity contribution is 0.0626. The van der Waals surface area contributed by atoms with E-state index in [2.05, 4.69) is 32.0 Å². The van der Waals surface area contributed by atoms with Crippen molar-refractivity contribution in [2.45, 2.75) is 6.54 Å². The zero-order valence-corrected chi connectivity index (χ0v) is 16.7. The Labute approximate surface area is 166 Å². The van der Waals surface area contributed by atoms with Crippen LogP contribution < -0.4 is 4.74 Å². The number of hydrogen-bond acceptors (Lipinski definition) is 4. The molecule has 1 saturated heterocycles. The van der Waals surface area contributed by atoms with E-state index in [1.165, 1.54) is 0 Å². The average molecular weight is 429 g/mol. The van der Waals surface area contributed by atoms with Gasteiger partial charge in [0.05, 0.1) is 18.4 Å². The zero-order chi connectivity index (χ0) is 18.8. The van der Waals surface area contributed by atoms with Gasteiger partial charge in [0.1, 0.15) is 11.4 Å². The molecule has 0 bridgehead atoms. The highest BCUT2D eigenvalue weighted by Crippen LogP contribution is 2.24. The maximum atomic E-state index is 12.9. The van der Waals surface area contributed by atoms with Gasteiger partial charge in [-0.1, -0.05) is 6.07 Å². The van der Waals surface area contributed by atoms with Crippen LogP contribution in [-0.4, -0.2) is 58.4 Å². The van der Waals surface area contributed by atoms with Gasteiger partial charge in [0.15, 0.2) is 0 Å². The molecule has 0 saturated carbocycles. The Morgan fingerprint density at radius 2 is 2.00 bits per heavy atom. The number of nitrogens with zero attached hydrogens (tertiary/aromatic N) is 4. The topological polar surface area (TPSA) is 50.1 Å². The number of halogens is 1. The number of benzene rings is 1. The van der Waals surface area contributed by atoms with Gasteiger partial charge in [0.25, 0.3) is 5.91 Å². The second kappa shape index (κ2) is 7.70. The molecule has 0 unspecified atom stereocenters. The summed E-state index contributed by atoms with van der Waals surface area (Å²) in [6, 6.07) is 11.5. The van der Waals surface area contributed by atoms with Gasteiger partial charge in [-0.2, -0.15) is 0 Å². The van der Waals surface area contributed by atoms with Crippen LogP contribution in [0.3, 0.4) is 0 Å². The molecule has 4 rings (SSSR count). The van der Waals surface area contributed by atoms with Gasteiger partial charge < -0.3 is 14.0 Å². The van der Waals surface area contributed by atoms with E-state index >= 15 is 0 Å². The van der Waals surface area contributed by atoms with Crippen LogP contribution in [0.5, 0.6) is 5.75 Å². The Balaban J connectivity index is 1.39. The standard InChI is InChI=1S/C20H21BrN4O2/c1-27-16-5-6-18(21)17(12-16)20(26)24-10-8-23(9-11-24)13-15-14-25-7-3-2-4-19(25)22-15/h2-7,12,14H,8-11,13H2,1H3. The van der Waals surface area contributed by atoms with E-state index < -0.39 is 0 Å². The molecule has 1 amide bonds. The third-order valence-electron chi connectivity index (χ3n) is 4.86. The number of amides is 1. The molecule has 0 N–H and O–H groups in total. The minimum absolute atomic E-state index is 0.0353. The molecule has 3 aromatic rings. The van der Waals surface area contributed by atoms with Crippen molar-refractivity contribution in [2.75, 3.05) is 33.3 Å². The number of carbonyl (C=O) groups is 1. The van der Waals surface area contributed by atoms with E-state index in [-0.39, 0.29) is 5.91 Å². The maximum Gasteiger partial charge on any atom is 0.255 e. The van der Waals surface area contributed by atoms with Crippen molar-refractivity contribution in [3.05, 3.63) is 64.5 Å². The number of ether oxygens (including phenoxy) is 1. The van der Waals surface area contributed by atoms with Crippen LogP contribution in [-0.2, 0) is 6.54 Å². The highest BCUT2D eigenvalue weighted by atomic mass is 79.9. The van der Waals surface area contributed by atoms with Gasteiger partial charge >= 0.3 is 0 Å². The van der Waals surface area contributed by atoms with Crippen LogP contribution in [0.4, 0.5) is 0 Å². The van der Waals surface area contributed by atoms with E-state index in [1.54, 1.807) is 13.2 Å². The maximum absolute atomic E-state index is 12.9. The van der Waals surface area contributed by atoms with Crippen molar-refractivity contribution >= 4 is 27.5 Å². The molecular formula is C20H21BrN4O2. The molecule has 0 spiro atoms. The van der Waals surface area contributed by atoms with Crippen molar-refractivity contribution in [3.63, 3.8) is 0 Å². The Morgan fingerprint density at radius 3 is 2.74 bits per heavy atom. The molecule has 27 heavy (non-hydrogen) atoms. The van der Waals surface area contributed by atoms with Crippen LogP contribution in [0, 0.1) is 0 Å². The predicted molar refractivity (Wildman–Crippen MR) is 107 cm³/mol. The SMILES string of the molecule is COc1ccc(Br)c(C(=O)N2CCN(Cc3cn4ccccc4n3)CC2)c1. The fourth-order valence-electron chi connectivity index (χ4n) is 3.37. The highest BCUT2D eigenvalue weighted by Gasteiger charge is 2.24. The third kappa shape index (κ3) is 3.84. The van der Waals surface area contributed by atoms with Crippen LogP contribution in [0.25, 0.3) is 5.65 Å². The monoisotopic (exact) mass is 428 g/mol. The predicted octanol–water partition coefficient (Wildman–Crippen LogP) is 3.06. The summed E-state index contributed by atoms with van der Waals surface area (Å²) in [7, 11) is 1.61. The minimum atomic E-state index is 0.0353. The van der Waals surface area contributed by atoms with Gasteiger partial charge in [-0.25, -0.2) is 4.98 Å². The summed E-state index contributed by atoms with van der Waals surface area (Å²) in [6.07, 6.45) is 4.08. The first-order valence-corrected chi connectivity index (χ1v) is 9.71. The Hall–Kier alpha value is -2.38. The van der Waals surface area contributed by atoms with Crippen molar-refractivity contribution < 1.29 is 9.53 Å². The Kier molecular flexibility index (Phi) is 5.13. The van der Waals surface area contributed by atoms with Gasteiger partial charge in [-0.05, 0) is 46.3 Å². The lowest BCUT2D eigenvalue weighted by atomic mass is 10.1. The summed E-state index contributed by atoms with van der Waals surface area (Å²) < 4.78 is 8.08. The smallest absolute Gasteiger partial charge is 0.255 e. The number of hydrogen-bond donors (Lipinski definition) is 0. The third-order valence-corrected chi connectivity index (χ3v) is 5.55. The molecule has 1 aliphatic rings. The first kappa shape index (κ1) is 18.0. The number of methoxy groups -OCH3 is 1. The molecule has 140 valence electrons. The first-order chi connectivity index (χ1) is 13.1. The van der Waals surface area contributed by atoms with Crippen molar-refractivity contribution in [2.24, 2.45) is 0 Å². The summed E-state index contributed by atoms with van der Waals surface area (Å²) >= 11 is 3.48. The molecule has 0 atom stereocenters. The molecule has 7 heteroatoms. The van der Waals surface area contributed by atoms with Gasteiger partial charge in [0.2, 0.25) is 0 Å². The van der Waals surface area contributed by atoms with Crippen molar-refractivity contribution in [3.8, 4) is 5.75 Å². The number of aromatic nitrogens is 2. The Bertz CT molecular complexity index is 931. The van der Waals surface area contributed by atoms with Crippen molar-refractivity contribution in [1.82, 2.24) is 19.2 Å². The van der Waals surface area contributed by atoms with E-state index in [9.17, 15) is 4.79 Å². The molecule has 1 aliphatic heterocycles. The fourth-order valence-corrected chi connectivity index (χ4v) is 3.78. The molecule has 1 fully saturated rings. The summed E-state index contributed by atoms with van der Waals surface area (Å²) in [5.41, 5.74) is 2.66. The number of rotatable bonds is 4. The van der Waals surface area contributed by atoms with Gasteiger partial charge in [-0.15, -0.1) is 0 Å². The van der Waals surface area contributed by atoms with E-state index in [1.807, 2.05) is 45.8 Å². The number of pyridine rings is 1. The van der Waals surface area contributed by atoms with Crippen LogP contribution >= 0.6 is 15.9 Å². The first-order valence-electron chi connectivity index (χ1n) is 8.92. The highest BCUT2D eigenvalue weighted by molar-refractivity contribution is 9.10. The van der Waals surface area contributed by atoms with Crippen molar-refractivity contribution in [1.29, 1.82) is 0 Å². The lowest BCUT2D eigenvalue weighted by Crippen LogP contribution is -2.48. The fraction of sp³-hybridized carbons (Fsp3) is 0.300.